The van der Waals surface area contributed by atoms with Crippen molar-refractivity contribution >= 4 is 11.7 Å². The number of ether oxygens (including phenoxy) is 2. The summed E-state index contributed by atoms with van der Waals surface area (Å²) in [4.78, 5) is 12.6. The van der Waals surface area contributed by atoms with E-state index in [1.54, 1.807) is 14.0 Å². The quantitative estimate of drug-likeness (QED) is 0.804. The zero-order chi connectivity index (χ0) is 18.6. The Hall–Kier alpha value is -2.70. The molecule has 0 aliphatic carbocycles. The van der Waals surface area contributed by atoms with Gasteiger partial charge < -0.3 is 20.5 Å². The number of aryl methyl sites for hydroxylation is 2. The van der Waals surface area contributed by atoms with Gasteiger partial charge in [0.2, 0.25) is 0 Å². The Kier molecular flexibility index (Phi) is 5.90. The largest absolute Gasteiger partial charge is 0.490 e. The molecule has 0 fully saturated rings. The highest BCUT2D eigenvalue weighted by Gasteiger charge is 2.20. The molecule has 0 saturated heterocycles. The number of hydrogen-bond acceptors (Lipinski definition) is 5. The zero-order valence-corrected chi connectivity index (χ0v) is 15.4. The molecule has 136 valence electrons. The van der Waals surface area contributed by atoms with E-state index in [1.165, 1.54) is 4.68 Å². The minimum atomic E-state index is -0.248. The van der Waals surface area contributed by atoms with Gasteiger partial charge in [0.1, 0.15) is 11.4 Å². The molecule has 1 aromatic carbocycles. The van der Waals surface area contributed by atoms with Gasteiger partial charge in [0, 0.05) is 7.05 Å². The molecule has 25 heavy (non-hydrogen) atoms. The van der Waals surface area contributed by atoms with Crippen LogP contribution in [-0.2, 0) is 7.05 Å². The van der Waals surface area contributed by atoms with Gasteiger partial charge in [-0.15, -0.1) is 0 Å². The van der Waals surface area contributed by atoms with Gasteiger partial charge in [-0.05, 0) is 45.4 Å². The van der Waals surface area contributed by atoms with E-state index >= 15 is 0 Å². The molecule has 1 heterocycles. The van der Waals surface area contributed by atoms with Gasteiger partial charge in [-0.25, -0.2) is 0 Å². The van der Waals surface area contributed by atoms with Crippen molar-refractivity contribution in [2.45, 2.75) is 33.7 Å². The first-order valence-electron chi connectivity index (χ1n) is 8.38. The van der Waals surface area contributed by atoms with E-state index in [1.807, 2.05) is 39.0 Å². The second kappa shape index (κ2) is 7.92. The maximum Gasteiger partial charge on any atom is 0.257 e. The van der Waals surface area contributed by atoms with Crippen LogP contribution in [0.5, 0.6) is 11.5 Å². The summed E-state index contributed by atoms with van der Waals surface area (Å²) in [6, 6.07) is 5.44. The molecular weight excluding hydrogens is 320 g/mol. The molecule has 1 unspecified atom stereocenters. The minimum absolute atomic E-state index is 0.221. The topological polar surface area (TPSA) is 91.4 Å². The third-order valence-electron chi connectivity index (χ3n) is 3.91. The number of nitrogens with zero attached hydrogens (tertiary/aromatic N) is 2. The van der Waals surface area contributed by atoms with Gasteiger partial charge in [-0.2, -0.15) is 5.10 Å². The molecule has 0 aliphatic rings. The molecule has 2 rings (SSSR count). The van der Waals surface area contributed by atoms with Crippen LogP contribution in [0.2, 0.25) is 0 Å². The van der Waals surface area contributed by atoms with Crippen LogP contribution in [0.1, 0.15) is 48.4 Å². The fourth-order valence-corrected chi connectivity index (χ4v) is 2.65. The molecule has 0 spiro atoms. The smallest absolute Gasteiger partial charge is 0.257 e. The van der Waals surface area contributed by atoms with Crippen molar-refractivity contribution in [3.8, 4) is 11.5 Å². The van der Waals surface area contributed by atoms with Crippen molar-refractivity contribution in [2.24, 2.45) is 7.05 Å². The fraction of sp³-hybridized carbons (Fsp3) is 0.444. The number of nitrogens with two attached hydrogens (primary N) is 1. The Morgan fingerprint density at radius 3 is 2.48 bits per heavy atom. The maximum atomic E-state index is 12.6. The average Bonchev–Trinajstić information content (AvgIpc) is 2.82. The molecule has 7 heteroatoms. The summed E-state index contributed by atoms with van der Waals surface area (Å²) in [6.45, 7) is 8.61. The number of carbonyl (C=O) groups is 1. The summed E-state index contributed by atoms with van der Waals surface area (Å²) in [7, 11) is 1.71. The van der Waals surface area contributed by atoms with Crippen molar-refractivity contribution in [2.75, 3.05) is 18.9 Å². The molecular formula is C18H26N4O3. The highest BCUT2D eigenvalue weighted by molar-refractivity contribution is 5.99. The third kappa shape index (κ3) is 4.04. The predicted octanol–water partition coefficient (Wildman–Crippen LogP) is 2.60. The van der Waals surface area contributed by atoms with Crippen LogP contribution in [0.15, 0.2) is 18.2 Å². The van der Waals surface area contributed by atoms with Crippen LogP contribution in [0.3, 0.4) is 0 Å². The Balaban J connectivity index is 2.21. The van der Waals surface area contributed by atoms with E-state index < -0.39 is 0 Å². The summed E-state index contributed by atoms with van der Waals surface area (Å²) in [5.74, 6) is 1.46. The molecule has 0 saturated carbocycles. The van der Waals surface area contributed by atoms with Crippen LogP contribution in [0.4, 0.5) is 5.82 Å². The molecule has 3 N–H and O–H groups in total. The van der Waals surface area contributed by atoms with E-state index in [2.05, 4.69) is 10.4 Å². The number of benzene rings is 1. The molecule has 0 radical (unpaired) electrons. The van der Waals surface area contributed by atoms with Gasteiger partial charge in [-0.3, -0.25) is 9.48 Å². The van der Waals surface area contributed by atoms with Crippen LogP contribution in [-0.4, -0.2) is 28.9 Å². The van der Waals surface area contributed by atoms with Crippen molar-refractivity contribution in [1.82, 2.24) is 15.1 Å². The van der Waals surface area contributed by atoms with E-state index in [0.29, 0.717) is 41.8 Å². The summed E-state index contributed by atoms with van der Waals surface area (Å²) in [5.41, 5.74) is 7.87. The van der Waals surface area contributed by atoms with Gasteiger partial charge in [0.05, 0.1) is 24.9 Å². The first kappa shape index (κ1) is 18.6. The maximum absolute atomic E-state index is 12.6. The monoisotopic (exact) mass is 346 g/mol. The van der Waals surface area contributed by atoms with Gasteiger partial charge in [-0.1, -0.05) is 6.07 Å². The zero-order valence-electron chi connectivity index (χ0n) is 15.4. The third-order valence-corrected chi connectivity index (χ3v) is 3.91. The second-order valence-corrected chi connectivity index (χ2v) is 5.74. The highest BCUT2D eigenvalue weighted by Crippen LogP contribution is 2.31. The number of carbonyl (C=O) groups excluding carboxylic acids is 1. The SMILES string of the molecule is CCOc1ccc(C(C)NC(=O)c2c(C)nn(C)c2N)cc1OCC. The molecule has 7 nitrogen and oxygen atoms in total. The van der Waals surface area contributed by atoms with Gasteiger partial charge in [0.25, 0.3) is 5.91 Å². The minimum Gasteiger partial charge on any atom is -0.490 e. The first-order chi connectivity index (χ1) is 11.9. The molecule has 0 aliphatic heterocycles. The number of anilines is 1. The summed E-state index contributed by atoms with van der Waals surface area (Å²) < 4.78 is 12.7. The normalized spacial score (nSPS) is 11.9. The van der Waals surface area contributed by atoms with Crippen molar-refractivity contribution in [3.63, 3.8) is 0 Å². The fourth-order valence-electron chi connectivity index (χ4n) is 2.65. The van der Waals surface area contributed by atoms with Crippen LogP contribution in [0.25, 0.3) is 0 Å². The van der Waals surface area contributed by atoms with Gasteiger partial charge >= 0.3 is 0 Å². The molecule has 2 aromatic rings. The van der Waals surface area contributed by atoms with Gasteiger partial charge in [0.15, 0.2) is 11.5 Å². The van der Waals surface area contributed by atoms with Crippen molar-refractivity contribution in [3.05, 3.63) is 35.0 Å². The van der Waals surface area contributed by atoms with Crippen molar-refractivity contribution < 1.29 is 14.3 Å². The number of aromatic nitrogens is 2. The Morgan fingerprint density at radius 2 is 1.92 bits per heavy atom. The number of rotatable bonds is 7. The van der Waals surface area contributed by atoms with Crippen LogP contribution >= 0.6 is 0 Å². The lowest BCUT2D eigenvalue weighted by Crippen LogP contribution is -2.27. The lowest BCUT2D eigenvalue weighted by atomic mass is 10.1. The number of amides is 1. The van der Waals surface area contributed by atoms with Crippen LogP contribution < -0.4 is 20.5 Å². The average molecular weight is 346 g/mol. The summed E-state index contributed by atoms with van der Waals surface area (Å²) in [6.07, 6.45) is 0. The number of hydrogen-bond donors (Lipinski definition) is 2. The number of nitrogen functional groups attached to an aromatic ring is 1. The molecule has 1 aromatic heterocycles. The Morgan fingerprint density at radius 1 is 1.28 bits per heavy atom. The second-order valence-electron chi connectivity index (χ2n) is 5.74. The van der Waals surface area contributed by atoms with Crippen LogP contribution in [0, 0.1) is 6.92 Å². The molecule has 1 amide bonds. The van der Waals surface area contributed by atoms with E-state index in [4.69, 9.17) is 15.2 Å². The lowest BCUT2D eigenvalue weighted by Gasteiger charge is -2.17. The molecule has 1 atom stereocenters. The van der Waals surface area contributed by atoms with Crippen molar-refractivity contribution in [1.29, 1.82) is 0 Å². The standard InChI is InChI=1S/C18H26N4O3/c1-6-24-14-9-8-13(10-15(14)25-7-2)11(3)20-18(23)16-12(4)21-22(5)17(16)19/h8-11H,6-7,19H2,1-5H3,(H,20,23). The Labute approximate surface area is 148 Å². The molecule has 0 bridgehead atoms. The highest BCUT2D eigenvalue weighted by atomic mass is 16.5. The summed E-state index contributed by atoms with van der Waals surface area (Å²) >= 11 is 0. The lowest BCUT2D eigenvalue weighted by molar-refractivity contribution is 0.0940. The number of nitrogens with one attached hydrogen (secondary N) is 1. The predicted molar refractivity (Wildman–Crippen MR) is 97.0 cm³/mol. The van der Waals surface area contributed by atoms with E-state index in [0.717, 1.165) is 5.56 Å². The van der Waals surface area contributed by atoms with E-state index in [9.17, 15) is 4.79 Å². The first-order valence-corrected chi connectivity index (χ1v) is 8.38. The summed E-state index contributed by atoms with van der Waals surface area (Å²) in [5, 5.41) is 7.14. The Bertz CT molecular complexity index is 755. The van der Waals surface area contributed by atoms with E-state index in [-0.39, 0.29) is 11.9 Å².